The number of benzene rings is 1. The van der Waals surface area contributed by atoms with Gasteiger partial charge in [0, 0.05) is 17.5 Å². The summed E-state index contributed by atoms with van der Waals surface area (Å²) in [5, 5.41) is 0. The Morgan fingerprint density at radius 3 is 1.88 bits per heavy atom. The summed E-state index contributed by atoms with van der Waals surface area (Å²) >= 11 is 0. The molecule has 1 aromatic rings. The summed E-state index contributed by atoms with van der Waals surface area (Å²) in [5.41, 5.74) is 7.51. The molecule has 94 valence electrons. The van der Waals surface area contributed by atoms with Gasteiger partial charge in [0.15, 0.2) is 5.78 Å². The Morgan fingerprint density at radius 1 is 1.06 bits per heavy atom. The predicted molar refractivity (Wildman–Crippen MR) is 72.4 cm³/mol. The van der Waals surface area contributed by atoms with Crippen molar-refractivity contribution in [2.75, 3.05) is 0 Å². The number of nitrogens with two attached hydrogens (primary N) is 1. The first-order valence-corrected chi connectivity index (χ1v) is 6.02. The zero-order valence-corrected chi connectivity index (χ0v) is 11.5. The number of carbonyl (C=O) groups excluding carboxylic acids is 1. The lowest BCUT2D eigenvalue weighted by molar-refractivity contribution is 0.0960. The van der Waals surface area contributed by atoms with Gasteiger partial charge >= 0.3 is 0 Å². The van der Waals surface area contributed by atoms with Gasteiger partial charge in [0.05, 0.1) is 0 Å². The molecule has 0 atom stereocenters. The van der Waals surface area contributed by atoms with Gasteiger partial charge in [0.25, 0.3) is 0 Å². The molecule has 0 radical (unpaired) electrons. The highest BCUT2D eigenvalue weighted by atomic mass is 16.1. The number of hydrogen-bond donors (Lipinski definition) is 1. The van der Waals surface area contributed by atoms with Crippen molar-refractivity contribution >= 4 is 5.78 Å². The van der Waals surface area contributed by atoms with E-state index < -0.39 is 5.54 Å². The van der Waals surface area contributed by atoms with E-state index in [1.54, 1.807) is 0 Å². The summed E-state index contributed by atoms with van der Waals surface area (Å²) < 4.78 is 0. The number of Topliss-reactive ketones (excluding diaryl/α,β-unsaturated/α-hetero) is 1. The van der Waals surface area contributed by atoms with E-state index in [-0.39, 0.29) is 11.2 Å². The maximum absolute atomic E-state index is 11.9. The van der Waals surface area contributed by atoms with Crippen molar-refractivity contribution in [2.24, 2.45) is 5.73 Å². The quantitative estimate of drug-likeness (QED) is 0.814. The molecule has 0 aliphatic carbocycles. The highest BCUT2D eigenvalue weighted by Crippen LogP contribution is 2.22. The molecule has 2 heteroatoms. The van der Waals surface area contributed by atoms with Crippen LogP contribution in [0.3, 0.4) is 0 Å². The fraction of sp³-hybridized carbons (Fsp3) is 0.533. The Hall–Kier alpha value is -1.15. The van der Waals surface area contributed by atoms with Crippen molar-refractivity contribution in [2.45, 2.75) is 52.0 Å². The Bertz CT molecular complexity index is 390. The number of rotatable bonds is 3. The third-order valence-corrected chi connectivity index (χ3v) is 2.69. The highest BCUT2D eigenvalue weighted by molar-refractivity contribution is 5.96. The molecule has 1 rings (SSSR count). The van der Waals surface area contributed by atoms with Crippen molar-refractivity contribution in [3.63, 3.8) is 0 Å². The van der Waals surface area contributed by atoms with Gasteiger partial charge < -0.3 is 5.73 Å². The SMILES string of the molecule is CC(C)(N)CC(=O)c1ccc(C(C)(C)C)cc1. The minimum absolute atomic E-state index is 0.109. The van der Waals surface area contributed by atoms with E-state index in [1.807, 2.05) is 38.1 Å². The van der Waals surface area contributed by atoms with Crippen LogP contribution >= 0.6 is 0 Å². The Morgan fingerprint density at radius 2 is 1.53 bits per heavy atom. The normalized spacial score (nSPS) is 12.6. The smallest absolute Gasteiger partial charge is 0.164 e. The number of hydrogen-bond acceptors (Lipinski definition) is 2. The monoisotopic (exact) mass is 233 g/mol. The van der Waals surface area contributed by atoms with Crippen molar-refractivity contribution in [3.05, 3.63) is 35.4 Å². The summed E-state index contributed by atoms with van der Waals surface area (Å²) in [7, 11) is 0. The van der Waals surface area contributed by atoms with Crippen LogP contribution in [0.1, 0.15) is 57.0 Å². The van der Waals surface area contributed by atoms with E-state index >= 15 is 0 Å². The van der Waals surface area contributed by atoms with Gasteiger partial charge in [-0.25, -0.2) is 0 Å². The first-order valence-electron chi connectivity index (χ1n) is 6.02. The zero-order valence-electron chi connectivity index (χ0n) is 11.5. The van der Waals surface area contributed by atoms with Crippen LogP contribution in [-0.2, 0) is 5.41 Å². The topological polar surface area (TPSA) is 43.1 Å². The molecule has 0 unspecified atom stereocenters. The molecule has 0 aliphatic rings. The summed E-state index contributed by atoms with van der Waals surface area (Å²) in [4.78, 5) is 11.9. The fourth-order valence-electron chi connectivity index (χ4n) is 1.67. The molecule has 0 aliphatic heterocycles. The summed E-state index contributed by atoms with van der Waals surface area (Å²) in [6.45, 7) is 10.2. The van der Waals surface area contributed by atoms with Crippen LogP contribution in [0.25, 0.3) is 0 Å². The lowest BCUT2D eigenvalue weighted by atomic mass is 9.86. The van der Waals surface area contributed by atoms with E-state index in [2.05, 4.69) is 20.8 Å². The van der Waals surface area contributed by atoms with E-state index in [1.165, 1.54) is 5.56 Å². The van der Waals surface area contributed by atoms with Gasteiger partial charge in [-0.05, 0) is 24.8 Å². The zero-order chi connectivity index (χ0) is 13.3. The molecule has 0 saturated heterocycles. The molecule has 0 spiro atoms. The van der Waals surface area contributed by atoms with E-state index in [9.17, 15) is 4.79 Å². The summed E-state index contributed by atoms with van der Waals surface area (Å²) in [6, 6.07) is 7.84. The van der Waals surface area contributed by atoms with E-state index in [0.717, 1.165) is 5.56 Å². The number of carbonyl (C=O) groups is 1. The van der Waals surface area contributed by atoms with Crippen molar-refractivity contribution in [1.29, 1.82) is 0 Å². The van der Waals surface area contributed by atoms with Gasteiger partial charge in [-0.1, -0.05) is 45.0 Å². The van der Waals surface area contributed by atoms with Crippen LogP contribution in [0, 0.1) is 0 Å². The predicted octanol–water partition coefficient (Wildman–Crippen LogP) is 3.29. The first kappa shape index (κ1) is 13.9. The molecule has 0 bridgehead atoms. The molecule has 0 aromatic heterocycles. The molecule has 0 heterocycles. The van der Waals surface area contributed by atoms with E-state index in [4.69, 9.17) is 5.73 Å². The van der Waals surface area contributed by atoms with Crippen LogP contribution < -0.4 is 5.73 Å². The summed E-state index contributed by atoms with van der Waals surface area (Å²) in [6.07, 6.45) is 0.377. The minimum atomic E-state index is -0.445. The maximum Gasteiger partial charge on any atom is 0.164 e. The molecule has 0 fully saturated rings. The van der Waals surface area contributed by atoms with Gasteiger partial charge in [0.1, 0.15) is 0 Å². The van der Waals surface area contributed by atoms with Gasteiger partial charge in [-0.3, -0.25) is 4.79 Å². The first-order chi connectivity index (χ1) is 7.59. The van der Waals surface area contributed by atoms with Gasteiger partial charge in [0.2, 0.25) is 0 Å². The second kappa shape index (κ2) is 4.61. The van der Waals surface area contributed by atoms with Crippen molar-refractivity contribution in [3.8, 4) is 0 Å². The van der Waals surface area contributed by atoms with Gasteiger partial charge in [-0.2, -0.15) is 0 Å². The van der Waals surface area contributed by atoms with Crippen LogP contribution in [0.5, 0.6) is 0 Å². The average molecular weight is 233 g/mol. The molecule has 2 nitrogen and oxygen atoms in total. The average Bonchev–Trinajstić information content (AvgIpc) is 2.14. The van der Waals surface area contributed by atoms with Gasteiger partial charge in [-0.15, -0.1) is 0 Å². The molecule has 0 saturated carbocycles. The third kappa shape index (κ3) is 4.31. The second-order valence-corrected chi connectivity index (χ2v) is 6.42. The molecular formula is C15H23NO. The molecule has 2 N–H and O–H groups in total. The van der Waals surface area contributed by atoms with Crippen LogP contribution in [-0.4, -0.2) is 11.3 Å². The maximum atomic E-state index is 11.9. The Kier molecular flexibility index (Phi) is 3.78. The third-order valence-electron chi connectivity index (χ3n) is 2.69. The lowest BCUT2D eigenvalue weighted by Gasteiger charge is -2.20. The van der Waals surface area contributed by atoms with E-state index in [0.29, 0.717) is 6.42 Å². The molecule has 1 aromatic carbocycles. The Labute approximate surface area is 104 Å². The van der Waals surface area contributed by atoms with Crippen molar-refractivity contribution < 1.29 is 4.79 Å². The largest absolute Gasteiger partial charge is 0.325 e. The minimum Gasteiger partial charge on any atom is -0.325 e. The van der Waals surface area contributed by atoms with Crippen LogP contribution in [0.2, 0.25) is 0 Å². The Balaban J connectivity index is 2.85. The lowest BCUT2D eigenvalue weighted by Crippen LogP contribution is -2.34. The summed E-state index contributed by atoms with van der Waals surface area (Å²) in [5.74, 6) is 0.109. The van der Waals surface area contributed by atoms with Crippen LogP contribution in [0.15, 0.2) is 24.3 Å². The highest BCUT2D eigenvalue weighted by Gasteiger charge is 2.18. The molecule has 0 amide bonds. The molecular weight excluding hydrogens is 210 g/mol. The standard InChI is InChI=1S/C15H23NO/c1-14(2,3)12-8-6-11(7-9-12)13(17)10-15(4,5)16/h6-9H,10,16H2,1-5H3. The van der Waals surface area contributed by atoms with Crippen molar-refractivity contribution in [1.82, 2.24) is 0 Å². The second-order valence-electron chi connectivity index (χ2n) is 6.42. The number of ketones is 1. The fourth-order valence-corrected chi connectivity index (χ4v) is 1.67. The van der Waals surface area contributed by atoms with Crippen LogP contribution in [0.4, 0.5) is 0 Å². The molecule has 17 heavy (non-hydrogen) atoms.